The fourth-order valence-electron chi connectivity index (χ4n) is 12.8. The first-order valence-corrected chi connectivity index (χ1v) is 28.5. The van der Waals surface area contributed by atoms with Crippen LogP contribution in [-0.4, -0.2) is 240 Å². The van der Waals surface area contributed by atoms with Gasteiger partial charge in [-0.15, -0.1) is 0 Å². The van der Waals surface area contributed by atoms with E-state index in [2.05, 4.69) is 10.6 Å². The molecule has 3 bridgehead atoms. The Balaban J connectivity index is 1.10. The number of fused-ring (bicyclic) bond motifs is 2. The van der Waals surface area contributed by atoms with Crippen LogP contribution in [0, 0.1) is 23.7 Å². The zero-order valence-electron chi connectivity index (χ0n) is 47.9. The number of rotatable bonds is 25. The summed E-state index contributed by atoms with van der Waals surface area (Å²) in [5.41, 5.74) is 1.38. The highest BCUT2D eigenvalue weighted by molar-refractivity contribution is 5.98. The standard InChI is InChI=1S/C58H84N10O13/c1-38(2)43-32-41(15-17-46(43)68-47(54-48(80-5)10-7-11-49(54)81-6)33-45(61-68)55(76)60-58(57(78)79)42-16-14-40-13-12-39(30-42)31-44(40)58)56(77)67(21-9-19-62(3)4)20-8-18-59-50(69)34-63-22-24-64(35-51(70)71)26-28-66(37-53(74)75)29-27-65(25-23-63)36-52(72)73/h7,10-11,15,17,32-33,38-40,42,44H,8-9,12-14,16,18-31,34-37H2,1-6H3,(H,59,69)(H,60,76)(H,70,71)(H,72,73)(H,74,75)(H,78,79). The molecule has 3 amide bonds. The van der Waals surface area contributed by atoms with Gasteiger partial charge in [0.1, 0.15) is 17.0 Å². The monoisotopic (exact) mass is 1130 g/mol. The zero-order valence-corrected chi connectivity index (χ0v) is 47.9. The summed E-state index contributed by atoms with van der Waals surface area (Å²) in [6.07, 6.45) is 6.40. The lowest BCUT2D eigenvalue weighted by Gasteiger charge is -2.58. The number of hydrogen-bond donors (Lipinski definition) is 6. The fourth-order valence-corrected chi connectivity index (χ4v) is 12.8. The molecule has 3 aromatic rings. The van der Waals surface area contributed by atoms with Crippen LogP contribution in [0.25, 0.3) is 16.9 Å². The molecule has 0 radical (unpaired) electrons. The summed E-state index contributed by atoms with van der Waals surface area (Å²) in [7, 11) is 7.01. The molecule has 4 fully saturated rings. The van der Waals surface area contributed by atoms with Crippen LogP contribution >= 0.6 is 0 Å². The first-order chi connectivity index (χ1) is 38.7. The van der Waals surface area contributed by atoms with Gasteiger partial charge in [-0.3, -0.25) is 48.4 Å². The van der Waals surface area contributed by atoms with Crippen molar-refractivity contribution in [1.82, 2.24) is 49.8 Å². The van der Waals surface area contributed by atoms with E-state index < -0.39 is 35.3 Å². The van der Waals surface area contributed by atoms with Crippen LogP contribution in [0.5, 0.6) is 11.5 Å². The molecule has 5 atom stereocenters. The molecule has 23 heteroatoms. The predicted molar refractivity (Wildman–Crippen MR) is 301 cm³/mol. The number of methoxy groups -OCH3 is 2. The highest BCUT2D eigenvalue weighted by Gasteiger charge is 2.62. The van der Waals surface area contributed by atoms with E-state index in [1.807, 2.05) is 49.9 Å². The van der Waals surface area contributed by atoms with Crippen molar-refractivity contribution < 1.29 is 63.5 Å². The van der Waals surface area contributed by atoms with Gasteiger partial charge in [0.2, 0.25) is 5.91 Å². The molecule has 5 unspecified atom stereocenters. The van der Waals surface area contributed by atoms with Gasteiger partial charge in [0, 0.05) is 77.6 Å². The van der Waals surface area contributed by atoms with E-state index in [9.17, 15) is 54.0 Å². The number of benzene rings is 2. The molecule has 4 aliphatic rings. The van der Waals surface area contributed by atoms with Gasteiger partial charge >= 0.3 is 23.9 Å². The maximum Gasteiger partial charge on any atom is 0.330 e. The second-order valence-electron chi connectivity index (χ2n) is 22.9. The van der Waals surface area contributed by atoms with Crippen LogP contribution < -0.4 is 20.1 Å². The average Bonchev–Trinajstić information content (AvgIpc) is 2.73. The third-order valence-electron chi connectivity index (χ3n) is 16.9. The second kappa shape index (κ2) is 28.4. The Hall–Kier alpha value is -6.66. The number of nitrogens with zero attached hydrogens (tertiary/aromatic N) is 8. The largest absolute Gasteiger partial charge is 0.496 e. The fraction of sp³-hybridized carbons (Fsp3) is 0.621. The smallest absolute Gasteiger partial charge is 0.330 e. The molecular weight excluding hydrogens is 1040 g/mol. The molecule has 23 nitrogen and oxygen atoms in total. The molecule has 6 N–H and O–H groups in total. The lowest BCUT2D eigenvalue weighted by atomic mass is 9.49. The van der Waals surface area contributed by atoms with Gasteiger partial charge in [-0.2, -0.15) is 5.10 Å². The van der Waals surface area contributed by atoms with E-state index in [4.69, 9.17) is 14.6 Å². The molecule has 81 heavy (non-hydrogen) atoms. The Bertz CT molecular complexity index is 2660. The van der Waals surface area contributed by atoms with Crippen molar-refractivity contribution in [2.24, 2.45) is 23.7 Å². The third kappa shape index (κ3) is 15.7. The maximum absolute atomic E-state index is 14.7. The normalized spacial score (nSPS) is 22.1. The summed E-state index contributed by atoms with van der Waals surface area (Å²) in [4.78, 5) is 102. The molecule has 3 aliphatic carbocycles. The topological polar surface area (TPSA) is 280 Å². The summed E-state index contributed by atoms with van der Waals surface area (Å²) in [5.74, 6) is -4.12. The number of nitrogens with one attached hydrogen (secondary N) is 2. The van der Waals surface area contributed by atoms with Gasteiger partial charge in [-0.05, 0) is 137 Å². The van der Waals surface area contributed by atoms with Crippen molar-refractivity contribution in [3.8, 4) is 28.4 Å². The van der Waals surface area contributed by atoms with Gasteiger partial charge in [0.15, 0.2) is 5.69 Å². The summed E-state index contributed by atoms with van der Waals surface area (Å²) in [6.45, 7) is 7.06. The molecular formula is C58H84N10O13. The van der Waals surface area contributed by atoms with Crippen molar-refractivity contribution in [1.29, 1.82) is 0 Å². The molecule has 2 heterocycles. The van der Waals surface area contributed by atoms with E-state index >= 15 is 0 Å². The first kappa shape index (κ1) is 61.9. The van der Waals surface area contributed by atoms with Crippen LogP contribution in [0.15, 0.2) is 42.5 Å². The van der Waals surface area contributed by atoms with Gasteiger partial charge in [-0.25, -0.2) is 9.48 Å². The van der Waals surface area contributed by atoms with Crippen molar-refractivity contribution in [3.05, 3.63) is 59.3 Å². The molecule has 7 rings (SSSR count). The minimum Gasteiger partial charge on any atom is -0.496 e. The van der Waals surface area contributed by atoms with E-state index in [0.717, 1.165) is 50.6 Å². The minimum absolute atomic E-state index is 0.0252. The van der Waals surface area contributed by atoms with Gasteiger partial charge < -0.3 is 50.3 Å². The van der Waals surface area contributed by atoms with Crippen molar-refractivity contribution in [2.45, 2.75) is 76.7 Å². The molecule has 0 spiro atoms. The second-order valence-corrected chi connectivity index (χ2v) is 22.9. The lowest BCUT2D eigenvalue weighted by molar-refractivity contribution is -0.163. The van der Waals surface area contributed by atoms with Crippen LogP contribution in [0.1, 0.15) is 97.5 Å². The number of carbonyl (C=O) groups excluding carboxylic acids is 3. The molecule has 1 aliphatic heterocycles. The third-order valence-corrected chi connectivity index (χ3v) is 16.9. The van der Waals surface area contributed by atoms with E-state index in [0.29, 0.717) is 78.9 Å². The Labute approximate surface area is 474 Å². The number of aromatic nitrogens is 2. The summed E-state index contributed by atoms with van der Waals surface area (Å²) >= 11 is 0. The average molecular weight is 1130 g/mol. The predicted octanol–water partition coefficient (Wildman–Crippen LogP) is 3.45. The number of carboxylic acid groups (broad SMARTS) is 4. The van der Waals surface area contributed by atoms with Gasteiger partial charge in [0.05, 0.1) is 57.3 Å². The van der Waals surface area contributed by atoms with Crippen molar-refractivity contribution in [2.75, 3.05) is 133 Å². The summed E-state index contributed by atoms with van der Waals surface area (Å²) in [5, 5.41) is 50.9. The van der Waals surface area contributed by atoms with Crippen LogP contribution in [-0.2, 0) is 24.0 Å². The van der Waals surface area contributed by atoms with E-state index in [-0.39, 0.29) is 113 Å². The molecule has 1 aromatic heterocycles. The Morgan fingerprint density at radius 1 is 0.704 bits per heavy atom. The van der Waals surface area contributed by atoms with Crippen molar-refractivity contribution >= 4 is 41.6 Å². The van der Waals surface area contributed by atoms with E-state index in [1.54, 1.807) is 68.8 Å². The van der Waals surface area contributed by atoms with Crippen LogP contribution in [0.2, 0.25) is 0 Å². The SMILES string of the molecule is COc1cccc(OC)c1-c1cc(C(=O)NC2(C(=O)O)C3CCC4CCC(C3)CC42)nn1-c1ccc(C(=O)N(CCCNC(=O)CN2CCN(CC(=O)O)CCN(CC(=O)O)CCN(CC(=O)O)CC2)CCCN(C)C)cc1C(C)C. The Morgan fingerprint density at radius 3 is 1.79 bits per heavy atom. The minimum atomic E-state index is -1.41. The highest BCUT2D eigenvalue weighted by Crippen LogP contribution is 2.57. The Morgan fingerprint density at radius 2 is 1.26 bits per heavy atom. The molecule has 444 valence electrons. The lowest BCUT2D eigenvalue weighted by Crippen LogP contribution is -2.70. The summed E-state index contributed by atoms with van der Waals surface area (Å²) < 4.78 is 13.4. The van der Waals surface area contributed by atoms with Crippen LogP contribution in [0.4, 0.5) is 0 Å². The number of carboxylic acids is 4. The molecule has 2 aromatic carbocycles. The maximum atomic E-state index is 14.7. The Kier molecular flexibility index (Phi) is 21.7. The quantitative estimate of drug-likeness (QED) is 0.0663. The first-order valence-electron chi connectivity index (χ1n) is 28.5. The number of carbonyl (C=O) groups is 7. The zero-order chi connectivity index (χ0) is 58.5. The van der Waals surface area contributed by atoms with Crippen molar-refractivity contribution in [3.63, 3.8) is 0 Å². The molecule has 1 saturated heterocycles. The number of hydrogen-bond acceptors (Lipinski definition) is 15. The highest BCUT2D eigenvalue weighted by atomic mass is 16.5. The van der Waals surface area contributed by atoms with Crippen LogP contribution in [0.3, 0.4) is 0 Å². The number of aliphatic carboxylic acids is 4. The van der Waals surface area contributed by atoms with E-state index in [1.165, 1.54) is 0 Å². The van der Waals surface area contributed by atoms with Gasteiger partial charge in [0.25, 0.3) is 11.8 Å². The number of amides is 3. The van der Waals surface area contributed by atoms with Gasteiger partial charge in [-0.1, -0.05) is 26.3 Å². The summed E-state index contributed by atoms with van der Waals surface area (Å²) in [6, 6.07) is 12.4. The number of ether oxygens (including phenoxy) is 2. The molecule has 3 saturated carbocycles.